The number of hydrogen-bond acceptors (Lipinski definition) is 3. The summed E-state index contributed by atoms with van der Waals surface area (Å²) in [6, 6.07) is 17.0. The molecule has 0 bridgehead atoms. The number of non-ortho nitro benzene ring substituents is 1. The normalized spacial score (nSPS) is 23.6. The maximum Gasteiger partial charge on any atom is 0.269 e. The van der Waals surface area contributed by atoms with Gasteiger partial charge in [-0.3, -0.25) is 10.1 Å². The van der Waals surface area contributed by atoms with Crippen LogP contribution in [-0.2, 0) is 4.74 Å². The van der Waals surface area contributed by atoms with Gasteiger partial charge < -0.3 is 4.74 Å². The van der Waals surface area contributed by atoms with E-state index in [1.165, 1.54) is 11.1 Å². The molecule has 2 atom stereocenters. The summed E-state index contributed by atoms with van der Waals surface area (Å²) >= 11 is 0. The number of ether oxygens (including phenoxy) is 1. The number of nitro groups is 1. The van der Waals surface area contributed by atoms with Crippen molar-refractivity contribution in [3.8, 4) is 0 Å². The van der Waals surface area contributed by atoms with Crippen LogP contribution in [0, 0.1) is 10.1 Å². The lowest BCUT2D eigenvalue weighted by atomic mass is 9.96. The van der Waals surface area contributed by atoms with Gasteiger partial charge in [0.15, 0.2) is 0 Å². The van der Waals surface area contributed by atoms with Gasteiger partial charge in [0, 0.05) is 12.1 Å². The van der Waals surface area contributed by atoms with Gasteiger partial charge in [0.25, 0.3) is 5.69 Å². The molecular weight excluding hydrogens is 302 g/mol. The Morgan fingerprint density at radius 1 is 1.00 bits per heavy atom. The molecule has 0 amide bonds. The van der Waals surface area contributed by atoms with Gasteiger partial charge in [0.05, 0.1) is 17.1 Å². The van der Waals surface area contributed by atoms with Gasteiger partial charge in [-0.05, 0) is 49.4 Å². The number of nitro benzene ring substituents is 1. The molecule has 0 N–H and O–H groups in total. The van der Waals surface area contributed by atoms with Crippen LogP contribution in [0.25, 0.3) is 0 Å². The van der Waals surface area contributed by atoms with Crippen molar-refractivity contribution in [3.63, 3.8) is 0 Å². The third kappa shape index (κ3) is 3.89. The highest BCUT2D eigenvalue weighted by Crippen LogP contribution is 2.36. The molecule has 4 nitrogen and oxygen atoms in total. The van der Waals surface area contributed by atoms with Crippen molar-refractivity contribution < 1.29 is 9.66 Å². The van der Waals surface area contributed by atoms with Gasteiger partial charge in [-0.25, -0.2) is 0 Å². The number of benzene rings is 2. The van der Waals surface area contributed by atoms with Crippen LogP contribution in [0.5, 0.6) is 0 Å². The summed E-state index contributed by atoms with van der Waals surface area (Å²) < 4.78 is 6.42. The summed E-state index contributed by atoms with van der Waals surface area (Å²) in [4.78, 5) is 10.5. The highest BCUT2D eigenvalue weighted by atomic mass is 16.6. The Hall–Kier alpha value is -2.46. The first-order valence-electron chi connectivity index (χ1n) is 8.24. The predicted molar refractivity (Wildman–Crippen MR) is 93.7 cm³/mol. The Labute approximate surface area is 141 Å². The van der Waals surface area contributed by atoms with Gasteiger partial charge in [0.1, 0.15) is 0 Å². The average molecular weight is 323 g/mol. The molecule has 0 aliphatic carbocycles. The molecule has 124 valence electrons. The first-order valence-corrected chi connectivity index (χ1v) is 8.24. The van der Waals surface area contributed by atoms with Gasteiger partial charge >= 0.3 is 0 Å². The summed E-state index contributed by atoms with van der Waals surface area (Å²) in [6.45, 7) is 2.12. The van der Waals surface area contributed by atoms with Crippen LogP contribution < -0.4 is 0 Å². The zero-order valence-corrected chi connectivity index (χ0v) is 13.7. The molecule has 24 heavy (non-hydrogen) atoms. The van der Waals surface area contributed by atoms with Gasteiger partial charge in [-0.1, -0.05) is 42.0 Å². The SMILES string of the molecule is C/C1=C/CC[C@H](c2ccccc2)O[C@H](c2ccc([N+](=O)[O-])cc2)C1. The number of allylic oxidation sites excluding steroid dienone is 1. The van der Waals surface area contributed by atoms with Crippen LogP contribution in [-0.4, -0.2) is 4.92 Å². The lowest BCUT2D eigenvalue weighted by molar-refractivity contribution is -0.384. The average Bonchev–Trinajstić information content (AvgIpc) is 2.58. The Bertz CT molecular complexity index is 722. The van der Waals surface area contributed by atoms with Crippen LogP contribution in [0.15, 0.2) is 66.2 Å². The maximum absolute atomic E-state index is 10.8. The predicted octanol–water partition coefficient (Wildman–Crippen LogP) is 5.52. The molecule has 0 saturated heterocycles. The molecule has 0 fully saturated rings. The molecule has 3 rings (SSSR count). The van der Waals surface area contributed by atoms with E-state index in [2.05, 4.69) is 25.1 Å². The van der Waals surface area contributed by atoms with E-state index in [1.807, 2.05) is 18.2 Å². The van der Waals surface area contributed by atoms with Gasteiger partial charge in [-0.15, -0.1) is 0 Å². The van der Waals surface area contributed by atoms with Crippen molar-refractivity contribution in [1.29, 1.82) is 0 Å². The molecule has 2 aromatic rings. The lowest BCUT2D eigenvalue weighted by Crippen LogP contribution is -2.13. The Morgan fingerprint density at radius 2 is 1.67 bits per heavy atom. The fourth-order valence-corrected chi connectivity index (χ4v) is 3.09. The summed E-state index contributed by atoms with van der Waals surface area (Å²) in [5.41, 5.74) is 3.56. The molecule has 1 aliphatic rings. The topological polar surface area (TPSA) is 52.4 Å². The van der Waals surface area contributed by atoms with Crippen molar-refractivity contribution in [1.82, 2.24) is 0 Å². The third-order valence-electron chi connectivity index (χ3n) is 4.40. The molecule has 0 aromatic heterocycles. The van der Waals surface area contributed by atoms with Crippen molar-refractivity contribution in [2.45, 2.75) is 38.4 Å². The fourth-order valence-electron chi connectivity index (χ4n) is 3.09. The van der Waals surface area contributed by atoms with Crippen molar-refractivity contribution >= 4 is 5.69 Å². The smallest absolute Gasteiger partial charge is 0.269 e. The van der Waals surface area contributed by atoms with Crippen LogP contribution >= 0.6 is 0 Å². The Morgan fingerprint density at radius 3 is 2.33 bits per heavy atom. The minimum Gasteiger partial charge on any atom is -0.365 e. The van der Waals surface area contributed by atoms with E-state index < -0.39 is 0 Å². The standard InChI is InChI=1S/C20H21NO3/c1-15-6-5-9-19(16-7-3-2-4-8-16)24-20(14-15)17-10-12-18(13-11-17)21(22)23/h2-4,6-8,10-13,19-20H,5,9,14H2,1H3/b15-6-/t19-,20+/m1/s1. The van der Waals surface area contributed by atoms with E-state index in [0.29, 0.717) is 0 Å². The van der Waals surface area contributed by atoms with E-state index in [9.17, 15) is 10.1 Å². The van der Waals surface area contributed by atoms with E-state index in [0.717, 1.165) is 24.8 Å². The molecule has 0 spiro atoms. The van der Waals surface area contributed by atoms with E-state index in [-0.39, 0.29) is 22.8 Å². The summed E-state index contributed by atoms with van der Waals surface area (Å²) in [6.07, 6.45) is 4.96. The Balaban J connectivity index is 1.87. The Kier molecular flexibility index (Phi) is 5.06. The summed E-state index contributed by atoms with van der Waals surface area (Å²) in [5.74, 6) is 0. The second kappa shape index (κ2) is 7.41. The number of rotatable bonds is 3. The summed E-state index contributed by atoms with van der Waals surface area (Å²) in [7, 11) is 0. The minimum atomic E-state index is -0.374. The highest BCUT2D eigenvalue weighted by molar-refractivity contribution is 5.34. The molecule has 0 unspecified atom stereocenters. The third-order valence-corrected chi connectivity index (χ3v) is 4.40. The van der Waals surface area contributed by atoms with Crippen LogP contribution in [0.2, 0.25) is 0 Å². The minimum absolute atomic E-state index is 0.0377. The zero-order chi connectivity index (χ0) is 16.9. The quantitative estimate of drug-likeness (QED) is 0.424. The number of nitrogens with zero attached hydrogens (tertiary/aromatic N) is 1. The van der Waals surface area contributed by atoms with Gasteiger partial charge in [0.2, 0.25) is 0 Å². The zero-order valence-electron chi connectivity index (χ0n) is 13.7. The fraction of sp³-hybridized carbons (Fsp3) is 0.300. The molecule has 1 heterocycles. The second-order valence-corrected chi connectivity index (χ2v) is 6.20. The van der Waals surface area contributed by atoms with Crippen LogP contribution in [0.3, 0.4) is 0 Å². The van der Waals surface area contributed by atoms with E-state index >= 15 is 0 Å². The molecular formula is C20H21NO3. The first kappa shape index (κ1) is 16.4. The summed E-state index contributed by atoms with van der Waals surface area (Å²) in [5, 5.41) is 10.8. The van der Waals surface area contributed by atoms with Crippen molar-refractivity contribution in [2.75, 3.05) is 0 Å². The van der Waals surface area contributed by atoms with Crippen LogP contribution in [0.1, 0.15) is 49.5 Å². The van der Waals surface area contributed by atoms with Crippen molar-refractivity contribution in [2.24, 2.45) is 0 Å². The lowest BCUT2D eigenvalue weighted by Gasteiger charge is -2.28. The van der Waals surface area contributed by atoms with Crippen molar-refractivity contribution in [3.05, 3.63) is 87.5 Å². The molecule has 1 aliphatic heterocycles. The van der Waals surface area contributed by atoms with Gasteiger partial charge in [-0.2, -0.15) is 0 Å². The monoisotopic (exact) mass is 323 g/mol. The van der Waals surface area contributed by atoms with E-state index in [1.54, 1.807) is 24.3 Å². The molecule has 4 heteroatoms. The largest absolute Gasteiger partial charge is 0.365 e. The molecule has 2 aromatic carbocycles. The van der Waals surface area contributed by atoms with Crippen LogP contribution in [0.4, 0.5) is 5.69 Å². The molecule has 0 radical (unpaired) electrons. The highest BCUT2D eigenvalue weighted by Gasteiger charge is 2.22. The molecule has 0 saturated carbocycles. The number of hydrogen-bond donors (Lipinski definition) is 0. The second-order valence-electron chi connectivity index (χ2n) is 6.20. The van der Waals surface area contributed by atoms with E-state index in [4.69, 9.17) is 4.74 Å². The first-order chi connectivity index (χ1) is 11.6. The maximum atomic E-state index is 10.8.